The lowest BCUT2D eigenvalue weighted by atomic mass is 9.85. The van der Waals surface area contributed by atoms with E-state index in [9.17, 15) is 0 Å². The van der Waals surface area contributed by atoms with E-state index in [1.54, 1.807) is 0 Å². The first-order chi connectivity index (χ1) is 7.74. The van der Waals surface area contributed by atoms with Crippen molar-refractivity contribution in [3.63, 3.8) is 0 Å². The van der Waals surface area contributed by atoms with Crippen LogP contribution in [0.2, 0.25) is 0 Å². The smallest absolute Gasteiger partial charge is 0.0110 e. The molecule has 3 nitrogen and oxygen atoms in total. The maximum absolute atomic E-state index is 3.41. The van der Waals surface area contributed by atoms with E-state index in [2.05, 4.69) is 29.2 Å². The van der Waals surface area contributed by atoms with Gasteiger partial charge in [-0.15, -0.1) is 0 Å². The van der Waals surface area contributed by atoms with Crippen LogP contribution in [-0.2, 0) is 0 Å². The van der Waals surface area contributed by atoms with Gasteiger partial charge in [-0.05, 0) is 32.4 Å². The van der Waals surface area contributed by atoms with Gasteiger partial charge in [-0.2, -0.15) is 0 Å². The number of hydrogen-bond acceptors (Lipinski definition) is 3. The van der Waals surface area contributed by atoms with Crippen LogP contribution in [0.15, 0.2) is 0 Å². The van der Waals surface area contributed by atoms with Gasteiger partial charge >= 0.3 is 0 Å². The summed E-state index contributed by atoms with van der Waals surface area (Å²) in [4.78, 5) is 5.12. The van der Waals surface area contributed by atoms with Gasteiger partial charge in [0.1, 0.15) is 0 Å². The Balaban J connectivity index is 1.85. The molecule has 0 unspecified atom stereocenters. The topological polar surface area (TPSA) is 18.5 Å². The second-order valence-corrected chi connectivity index (χ2v) is 5.82. The fourth-order valence-corrected chi connectivity index (χ4v) is 3.37. The summed E-state index contributed by atoms with van der Waals surface area (Å²) in [5.41, 5.74) is 0.588. The van der Waals surface area contributed by atoms with E-state index in [1.165, 1.54) is 65.0 Å². The molecule has 0 radical (unpaired) electrons. The molecule has 2 aliphatic rings. The second kappa shape index (κ2) is 5.48. The van der Waals surface area contributed by atoms with Crippen molar-refractivity contribution in [2.45, 2.75) is 25.7 Å². The van der Waals surface area contributed by atoms with Gasteiger partial charge < -0.3 is 15.1 Å². The first kappa shape index (κ1) is 12.3. The number of piperazine rings is 1. The number of likely N-dealkylation sites (N-methyl/N-ethyl adjacent to an activating group) is 1. The molecule has 1 saturated carbocycles. The molecule has 1 aliphatic heterocycles. The maximum atomic E-state index is 3.41. The molecule has 1 saturated heterocycles. The van der Waals surface area contributed by atoms with Crippen LogP contribution in [0.3, 0.4) is 0 Å². The van der Waals surface area contributed by atoms with Gasteiger partial charge in [0.05, 0.1) is 0 Å². The van der Waals surface area contributed by atoms with Crippen LogP contribution < -0.4 is 5.32 Å². The Morgan fingerprint density at radius 3 is 2.25 bits per heavy atom. The van der Waals surface area contributed by atoms with Crippen LogP contribution in [0.1, 0.15) is 25.7 Å². The number of rotatable bonds is 4. The van der Waals surface area contributed by atoms with Gasteiger partial charge in [0.15, 0.2) is 0 Å². The Morgan fingerprint density at radius 1 is 1.06 bits per heavy atom. The molecule has 0 amide bonds. The highest BCUT2D eigenvalue weighted by Crippen LogP contribution is 2.38. The molecule has 0 atom stereocenters. The quantitative estimate of drug-likeness (QED) is 0.770. The third-order valence-corrected chi connectivity index (χ3v) is 4.37. The Bertz CT molecular complexity index is 203. The minimum absolute atomic E-state index is 0.588. The monoisotopic (exact) mass is 225 g/mol. The number of nitrogens with one attached hydrogen (secondary N) is 1. The van der Waals surface area contributed by atoms with Crippen molar-refractivity contribution >= 4 is 0 Å². The van der Waals surface area contributed by atoms with Crippen LogP contribution in [0.4, 0.5) is 0 Å². The molecule has 2 rings (SSSR count). The van der Waals surface area contributed by atoms with Crippen molar-refractivity contribution in [2.24, 2.45) is 5.41 Å². The van der Waals surface area contributed by atoms with Crippen LogP contribution in [0.5, 0.6) is 0 Å². The van der Waals surface area contributed by atoms with E-state index in [0.717, 1.165) is 0 Å². The zero-order valence-corrected chi connectivity index (χ0v) is 11.0. The summed E-state index contributed by atoms with van der Waals surface area (Å²) >= 11 is 0. The van der Waals surface area contributed by atoms with Crippen LogP contribution in [0.25, 0.3) is 0 Å². The minimum atomic E-state index is 0.588. The Kier molecular flexibility index (Phi) is 4.22. The average molecular weight is 225 g/mol. The number of hydrogen-bond donors (Lipinski definition) is 1. The van der Waals surface area contributed by atoms with Gasteiger partial charge in [0.25, 0.3) is 0 Å². The summed E-state index contributed by atoms with van der Waals surface area (Å²) in [7, 11) is 4.33. The summed E-state index contributed by atoms with van der Waals surface area (Å²) in [5, 5.41) is 3.41. The SMILES string of the molecule is CNCC1(CN2CCN(C)CC2)CCCC1. The highest BCUT2D eigenvalue weighted by molar-refractivity contribution is 4.90. The molecular weight excluding hydrogens is 198 g/mol. The maximum Gasteiger partial charge on any atom is 0.0110 e. The van der Waals surface area contributed by atoms with Crippen LogP contribution in [0, 0.1) is 5.41 Å². The molecule has 0 spiro atoms. The predicted octanol–water partition coefficient (Wildman–Crippen LogP) is 1.01. The summed E-state index contributed by atoms with van der Waals surface area (Å²) in [6.07, 6.45) is 5.74. The van der Waals surface area contributed by atoms with Gasteiger partial charge in [0, 0.05) is 39.3 Å². The minimum Gasteiger partial charge on any atom is -0.319 e. The van der Waals surface area contributed by atoms with E-state index in [-0.39, 0.29) is 0 Å². The molecule has 1 N–H and O–H groups in total. The molecule has 0 aromatic rings. The molecule has 0 aromatic carbocycles. The van der Waals surface area contributed by atoms with Crippen molar-refractivity contribution in [1.82, 2.24) is 15.1 Å². The zero-order valence-electron chi connectivity index (χ0n) is 11.0. The van der Waals surface area contributed by atoms with E-state index in [1.807, 2.05) is 0 Å². The highest BCUT2D eigenvalue weighted by atomic mass is 15.2. The normalized spacial score (nSPS) is 27.4. The first-order valence-corrected chi connectivity index (χ1v) is 6.80. The van der Waals surface area contributed by atoms with Crippen molar-refractivity contribution in [2.75, 3.05) is 53.4 Å². The van der Waals surface area contributed by atoms with Gasteiger partial charge in [-0.3, -0.25) is 0 Å². The summed E-state index contributed by atoms with van der Waals surface area (Å²) in [5.74, 6) is 0. The highest BCUT2D eigenvalue weighted by Gasteiger charge is 2.35. The average Bonchev–Trinajstić information content (AvgIpc) is 2.71. The third kappa shape index (κ3) is 2.96. The predicted molar refractivity (Wildman–Crippen MR) is 68.8 cm³/mol. The number of nitrogens with zero attached hydrogens (tertiary/aromatic N) is 2. The molecule has 16 heavy (non-hydrogen) atoms. The van der Waals surface area contributed by atoms with Gasteiger partial charge in [-0.1, -0.05) is 12.8 Å². The fraction of sp³-hybridized carbons (Fsp3) is 1.00. The summed E-state index contributed by atoms with van der Waals surface area (Å²) < 4.78 is 0. The van der Waals surface area contributed by atoms with Crippen molar-refractivity contribution in [3.05, 3.63) is 0 Å². The zero-order chi connectivity index (χ0) is 11.4. The Morgan fingerprint density at radius 2 is 1.69 bits per heavy atom. The van der Waals surface area contributed by atoms with Crippen molar-refractivity contribution in [1.29, 1.82) is 0 Å². The summed E-state index contributed by atoms with van der Waals surface area (Å²) in [6, 6.07) is 0. The molecule has 2 fully saturated rings. The third-order valence-electron chi connectivity index (χ3n) is 4.37. The molecular formula is C13H27N3. The van der Waals surface area contributed by atoms with Crippen LogP contribution in [-0.4, -0.2) is 63.2 Å². The van der Waals surface area contributed by atoms with Gasteiger partial charge in [0.2, 0.25) is 0 Å². The van der Waals surface area contributed by atoms with Crippen molar-refractivity contribution in [3.8, 4) is 0 Å². The Hall–Kier alpha value is -0.120. The van der Waals surface area contributed by atoms with Crippen molar-refractivity contribution < 1.29 is 0 Å². The second-order valence-electron chi connectivity index (χ2n) is 5.82. The van der Waals surface area contributed by atoms with E-state index < -0.39 is 0 Å². The van der Waals surface area contributed by atoms with E-state index in [0.29, 0.717) is 5.41 Å². The lowest BCUT2D eigenvalue weighted by Gasteiger charge is -2.39. The van der Waals surface area contributed by atoms with Crippen LogP contribution >= 0.6 is 0 Å². The lowest BCUT2D eigenvalue weighted by Crippen LogP contribution is -2.50. The standard InChI is InChI=1S/C13H27N3/c1-14-11-13(5-3-4-6-13)12-16-9-7-15(2)8-10-16/h14H,3-12H2,1-2H3. The van der Waals surface area contributed by atoms with Gasteiger partial charge in [-0.25, -0.2) is 0 Å². The molecule has 3 heteroatoms. The van der Waals surface area contributed by atoms with E-state index in [4.69, 9.17) is 0 Å². The Labute approximate surface area is 100 Å². The summed E-state index contributed by atoms with van der Waals surface area (Å²) in [6.45, 7) is 7.55. The largest absolute Gasteiger partial charge is 0.319 e. The molecule has 94 valence electrons. The van der Waals surface area contributed by atoms with E-state index >= 15 is 0 Å². The first-order valence-electron chi connectivity index (χ1n) is 6.80. The molecule has 0 aromatic heterocycles. The molecule has 0 bridgehead atoms. The molecule has 1 heterocycles. The lowest BCUT2D eigenvalue weighted by molar-refractivity contribution is 0.0974. The molecule has 1 aliphatic carbocycles. The fourth-order valence-electron chi connectivity index (χ4n) is 3.37.